The van der Waals surface area contributed by atoms with E-state index in [0.29, 0.717) is 11.6 Å². The van der Waals surface area contributed by atoms with Crippen LogP contribution in [-0.2, 0) is 0 Å². The number of aromatic nitrogens is 1. The van der Waals surface area contributed by atoms with Gasteiger partial charge in [-0.1, -0.05) is 6.42 Å². The molecule has 0 bridgehead atoms. The quantitative estimate of drug-likeness (QED) is 0.786. The number of nitrogens with one attached hydrogen (secondary N) is 2. The fraction of sp³-hybridized carbons (Fsp3) is 0.500. The Morgan fingerprint density at radius 2 is 2.44 bits per heavy atom. The molecule has 84 valence electrons. The Labute approximate surface area is 95.7 Å². The molecule has 2 N–H and O–H groups in total. The maximum atomic E-state index is 8.79. The highest BCUT2D eigenvalue weighted by molar-refractivity contribution is 5.43. The van der Waals surface area contributed by atoms with Crippen LogP contribution in [0.3, 0.4) is 0 Å². The van der Waals surface area contributed by atoms with Crippen LogP contribution < -0.4 is 10.6 Å². The zero-order valence-electron chi connectivity index (χ0n) is 9.24. The minimum absolute atomic E-state index is 0.420. The molecule has 1 saturated heterocycles. The first-order valence-corrected chi connectivity index (χ1v) is 5.72. The summed E-state index contributed by atoms with van der Waals surface area (Å²) in [6.45, 7) is 2.07. The minimum Gasteiger partial charge on any atom is -0.366 e. The molecular weight excluding hydrogens is 200 g/mol. The number of nitriles is 1. The normalized spacial score (nSPS) is 20.8. The zero-order chi connectivity index (χ0) is 11.2. The standard InChI is InChI=1S/C12H16N4/c13-8-10-4-6-15-12(7-10)16-11-3-1-2-5-14-9-11/h4,6-7,11,14H,1-3,5,9H2,(H,15,16). The number of anilines is 1. The van der Waals surface area contributed by atoms with Crippen LogP contribution in [0.15, 0.2) is 18.3 Å². The lowest BCUT2D eigenvalue weighted by Crippen LogP contribution is -2.31. The van der Waals surface area contributed by atoms with Crippen molar-refractivity contribution in [2.75, 3.05) is 18.4 Å². The van der Waals surface area contributed by atoms with E-state index in [9.17, 15) is 0 Å². The topological polar surface area (TPSA) is 60.7 Å². The van der Waals surface area contributed by atoms with Gasteiger partial charge >= 0.3 is 0 Å². The molecule has 0 spiro atoms. The molecule has 1 unspecified atom stereocenters. The fourth-order valence-electron chi connectivity index (χ4n) is 1.93. The largest absolute Gasteiger partial charge is 0.366 e. The molecule has 4 nitrogen and oxygen atoms in total. The average molecular weight is 216 g/mol. The summed E-state index contributed by atoms with van der Waals surface area (Å²) in [7, 11) is 0. The maximum absolute atomic E-state index is 8.79. The van der Waals surface area contributed by atoms with E-state index in [4.69, 9.17) is 5.26 Å². The number of nitrogens with zero attached hydrogens (tertiary/aromatic N) is 2. The van der Waals surface area contributed by atoms with Crippen LogP contribution in [0.25, 0.3) is 0 Å². The lowest BCUT2D eigenvalue weighted by molar-refractivity contribution is 0.634. The summed E-state index contributed by atoms with van der Waals surface area (Å²) in [6.07, 6.45) is 5.31. The monoisotopic (exact) mass is 216 g/mol. The second-order valence-electron chi connectivity index (χ2n) is 4.08. The van der Waals surface area contributed by atoms with Crippen molar-refractivity contribution in [2.45, 2.75) is 25.3 Å². The number of rotatable bonds is 2. The predicted molar refractivity (Wildman–Crippen MR) is 63.1 cm³/mol. The molecule has 4 heteroatoms. The molecule has 1 fully saturated rings. The van der Waals surface area contributed by atoms with Gasteiger partial charge in [-0.05, 0) is 31.5 Å². The van der Waals surface area contributed by atoms with E-state index in [2.05, 4.69) is 21.7 Å². The molecule has 0 aliphatic carbocycles. The first-order chi connectivity index (χ1) is 7.88. The smallest absolute Gasteiger partial charge is 0.127 e. The van der Waals surface area contributed by atoms with Crippen molar-refractivity contribution < 1.29 is 0 Å². The summed E-state index contributed by atoms with van der Waals surface area (Å²) in [6, 6.07) is 6.06. The molecule has 0 radical (unpaired) electrons. The van der Waals surface area contributed by atoms with E-state index >= 15 is 0 Å². The SMILES string of the molecule is N#Cc1ccnc(NC2CCCCNC2)c1. The van der Waals surface area contributed by atoms with Gasteiger partial charge in [0.05, 0.1) is 11.6 Å². The highest BCUT2D eigenvalue weighted by Gasteiger charge is 2.11. The summed E-state index contributed by atoms with van der Waals surface area (Å²) in [4.78, 5) is 4.22. The van der Waals surface area contributed by atoms with Gasteiger partial charge in [0, 0.05) is 18.8 Å². The van der Waals surface area contributed by atoms with Gasteiger partial charge in [-0.3, -0.25) is 0 Å². The summed E-state index contributed by atoms with van der Waals surface area (Å²) in [5.41, 5.74) is 0.652. The molecule has 2 rings (SSSR count). The zero-order valence-corrected chi connectivity index (χ0v) is 9.24. The van der Waals surface area contributed by atoms with Crippen molar-refractivity contribution in [3.63, 3.8) is 0 Å². The van der Waals surface area contributed by atoms with E-state index in [-0.39, 0.29) is 0 Å². The van der Waals surface area contributed by atoms with Crippen LogP contribution in [0, 0.1) is 11.3 Å². The van der Waals surface area contributed by atoms with Crippen molar-refractivity contribution in [1.29, 1.82) is 5.26 Å². The van der Waals surface area contributed by atoms with E-state index < -0.39 is 0 Å². The molecule has 16 heavy (non-hydrogen) atoms. The summed E-state index contributed by atoms with van der Waals surface area (Å²) in [5, 5.41) is 15.6. The molecule has 0 aromatic carbocycles. The van der Waals surface area contributed by atoms with Gasteiger partial charge < -0.3 is 10.6 Å². The van der Waals surface area contributed by atoms with Crippen LogP contribution in [0.2, 0.25) is 0 Å². The number of hydrogen-bond donors (Lipinski definition) is 2. The van der Waals surface area contributed by atoms with Crippen molar-refractivity contribution in [3.8, 4) is 6.07 Å². The van der Waals surface area contributed by atoms with Gasteiger partial charge in [0.1, 0.15) is 5.82 Å². The average Bonchev–Trinajstić information content (AvgIpc) is 2.58. The van der Waals surface area contributed by atoms with Crippen LogP contribution >= 0.6 is 0 Å². The Morgan fingerprint density at radius 3 is 3.31 bits per heavy atom. The fourth-order valence-corrected chi connectivity index (χ4v) is 1.93. The third-order valence-corrected chi connectivity index (χ3v) is 2.79. The molecule has 1 aliphatic heterocycles. The van der Waals surface area contributed by atoms with Crippen molar-refractivity contribution >= 4 is 5.82 Å². The van der Waals surface area contributed by atoms with Crippen LogP contribution in [0.4, 0.5) is 5.82 Å². The first-order valence-electron chi connectivity index (χ1n) is 5.72. The van der Waals surface area contributed by atoms with Crippen LogP contribution in [-0.4, -0.2) is 24.1 Å². The summed E-state index contributed by atoms with van der Waals surface area (Å²) < 4.78 is 0. The lowest BCUT2D eigenvalue weighted by atomic mass is 10.1. The molecular formula is C12H16N4. The van der Waals surface area contributed by atoms with Crippen molar-refractivity contribution in [1.82, 2.24) is 10.3 Å². The highest BCUT2D eigenvalue weighted by atomic mass is 15.0. The van der Waals surface area contributed by atoms with Crippen molar-refractivity contribution in [2.24, 2.45) is 0 Å². The van der Waals surface area contributed by atoms with E-state index in [0.717, 1.165) is 25.3 Å². The first kappa shape index (κ1) is 10.9. The second-order valence-corrected chi connectivity index (χ2v) is 4.08. The summed E-state index contributed by atoms with van der Waals surface area (Å²) >= 11 is 0. The number of pyridine rings is 1. The maximum Gasteiger partial charge on any atom is 0.127 e. The number of hydrogen-bond acceptors (Lipinski definition) is 4. The van der Waals surface area contributed by atoms with Gasteiger partial charge in [-0.2, -0.15) is 5.26 Å². The van der Waals surface area contributed by atoms with Crippen molar-refractivity contribution in [3.05, 3.63) is 23.9 Å². The summed E-state index contributed by atoms with van der Waals surface area (Å²) in [5.74, 6) is 0.799. The molecule has 1 atom stereocenters. The molecule has 0 amide bonds. The van der Waals surface area contributed by atoms with E-state index in [1.54, 1.807) is 18.3 Å². The Hall–Kier alpha value is -1.60. The Kier molecular flexibility index (Phi) is 3.73. The van der Waals surface area contributed by atoms with Crippen LogP contribution in [0.1, 0.15) is 24.8 Å². The van der Waals surface area contributed by atoms with Gasteiger partial charge in [0.15, 0.2) is 0 Å². The molecule has 2 heterocycles. The molecule has 1 aromatic heterocycles. The predicted octanol–water partition coefficient (Wildman–Crippen LogP) is 1.51. The molecule has 0 saturated carbocycles. The minimum atomic E-state index is 0.420. The highest BCUT2D eigenvalue weighted by Crippen LogP contribution is 2.11. The van der Waals surface area contributed by atoms with E-state index in [1.807, 2.05) is 0 Å². The molecule has 1 aromatic rings. The Balaban J connectivity index is 1.99. The third kappa shape index (κ3) is 2.94. The van der Waals surface area contributed by atoms with Gasteiger partial charge in [-0.15, -0.1) is 0 Å². The molecule has 1 aliphatic rings. The van der Waals surface area contributed by atoms with Gasteiger partial charge in [0.2, 0.25) is 0 Å². The van der Waals surface area contributed by atoms with Gasteiger partial charge in [-0.25, -0.2) is 4.98 Å². The third-order valence-electron chi connectivity index (χ3n) is 2.79. The lowest BCUT2D eigenvalue weighted by Gasteiger charge is -2.16. The van der Waals surface area contributed by atoms with Crippen LogP contribution in [0.5, 0.6) is 0 Å². The van der Waals surface area contributed by atoms with Gasteiger partial charge in [0.25, 0.3) is 0 Å². The van der Waals surface area contributed by atoms with E-state index in [1.165, 1.54) is 12.8 Å². The Bertz CT molecular complexity index is 375. The second kappa shape index (κ2) is 5.47. The Morgan fingerprint density at radius 1 is 1.50 bits per heavy atom.